The first-order valence-corrected chi connectivity index (χ1v) is 6.54. The van der Waals surface area contributed by atoms with E-state index in [1.54, 1.807) is 0 Å². The number of likely N-dealkylation sites (tertiary alicyclic amines) is 1. The number of amides is 1. The summed E-state index contributed by atoms with van der Waals surface area (Å²) in [6, 6.07) is 5.86. The second-order valence-corrected chi connectivity index (χ2v) is 4.73. The SMILES string of the molecule is CCn1ncc2ccc(C(=O)N3CCCC3)cc21. The fourth-order valence-corrected chi connectivity index (χ4v) is 2.56. The van der Waals surface area contributed by atoms with Gasteiger partial charge in [-0.15, -0.1) is 0 Å². The number of benzene rings is 1. The maximum absolute atomic E-state index is 12.3. The molecule has 1 fully saturated rings. The Morgan fingerprint density at radius 1 is 1.33 bits per heavy atom. The van der Waals surface area contributed by atoms with E-state index >= 15 is 0 Å². The highest BCUT2D eigenvalue weighted by Crippen LogP contribution is 2.19. The molecule has 1 amide bonds. The van der Waals surface area contributed by atoms with Crippen molar-refractivity contribution in [3.8, 4) is 0 Å². The van der Waals surface area contributed by atoms with Crippen LogP contribution in [0.3, 0.4) is 0 Å². The fourth-order valence-electron chi connectivity index (χ4n) is 2.56. The molecule has 18 heavy (non-hydrogen) atoms. The Labute approximate surface area is 106 Å². The van der Waals surface area contributed by atoms with E-state index in [0.29, 0.717) is 0 Å². The molecule has 4 heteroatoms. The number of nitrogens with zero attached hydrogens (tertiary/aromatic N) is 3. The number of aromatic nitrogens is 2. The van der Waals surface area contributed by atoms with Crippen LogP contribution in [0.25, 0.3) is 10.9 Å². The van der Waals surface area contributed by atoms with Crippen LogP contribution < -0.4 is 0 Å². The minimum absolute atomic E-state index is 0.151. The molecular weight excluding hydrogens is 226 g/mol. The Morgan fingerprint density at radius 2 is 2.11 bits per heavy atom. The Balaban J connectivity index is 1.98. The predicted octanol–water partition coefficient (Wildman–Crippen LogP) is 2.29. The number of carbonyl (C=O) groups excluding carboxylic acids is 1. The van der Waals surface area contributed by atoms with Crippen LogP contribution in [-0.2, 0) is 6.54 Å². The van der Waals surface area contributed by atoms with Gasteiger partial charge in [-0.3, -0.25) is 9.48 Å². The van der Waals surface area contributed by atoms with E-state index in [0.717, 1.165) is 48.9 Å². The zero-order chi connectivity index (χ0) is 12.5. The van der Waals surface area contributed by atoms with E-state index in [1.807, 2.05) is 34.0 Å². The number of hydrogen-bond acceptors (Lipinski definition) is 2. The summed E-state index contributed by atoms with van der Waals surface area (Å²) in [7, 11) is 0. The number of aryl methyl sites for hydroxylation is 1. The van der Waals surface area contributed by atoms with Crippen molar-refractivity contribution in [2.24, 2.45) is 0 Å². The summed E-state index contributed by atoms with van der Waals surface area (Å²) in [6.45, 7) is 4.67. The zero-order valence-corrected chi connectivity index (χ0v) is 10.6. The molecule has 1 aromatic heterocycles. The van der Waals surface area contributed by atoms with E-state index in [1.165, 1.54) is 0 Å². The van der Waals surface area contributed by atoms with Crippen molar-refractivity contribution in [3.05, 3.63) is 30.0 Å². The molecule has 1 aromatic carbocycles. The maximum atomic E-state index is 12.3. The predicted molar refractivity (Wildman–Crippen MR) is 70.5 cm³/mol. The lowest BCUT2D eigenvalue weighted by atomic mass is 10.1. The van der Waals surface area contributed by atoms with Crippen molar-refractivity contribution in [2.75, 3.05) is 13.1 Å². The number of fused-ring (bicyclic) bond motifs is 1. The molecule has 0 radical (unpaired) electrons. The van der Waals surface area contributed by atoms with Gasteiger partial charge in [0.2, 0.25) is 0 Å². The minimum atomic E-state index is 0.151. The lowest BCUT2D eigenvalue weighted by molar-refractivity contribution is 0.0793. The Bertz CT molecular complexity index is 582. The second kappa shape index (κ2) is 4.44. The summed E-state index contributed by atoms with van der Waals surface area (Å²) in [5.74, 6) is 0.151. The van der Waals surface area contributed by atoms with Crippen LogP contribution in [0.1, 0.15) is 30.1 Å². The molecule has 3 rings (SSSR count). The molecule has 0 saturated carbocycles. The van der Waals surface area contributed by atoms with Gasteiger partial charge in [0.05, 0.1) is 11.7 Å². The summed E-state index contributed by atoms with van der Waals surface area (Å²) >= 11 is 0. The monoisotopic (exact) mass is 243 g/mol. The molecule has 0 unspecified atom stereocenters. The van der Waals surface area contributed by atoms with Crippen LogP contribution in [0.2, 0.25) is 0 Å². The van der Waals surface area contributed by atoms with Gasteiger partial charge in [0.1, 0.15) is 0 Å². The normalized spacial score (nSPS) is 15.5. The topological polar surface area (TPSA) is 38.1 Å². The third-order valence-corrected chi connectivity index (χ3v) is 3.58. The maximum Gasteiger partial charge on any atom is 0.253 e. The fraction of sp³-hybridized carbons (Fsp3) is 0.429. The smallest absolute Gasteiger partial charge is 0.253 e. The van der Waals surface area contributed by atoms with Gasteiger partial charge in [-0.25, -0.2) is 0 Å². The molecule has 0 aliphatic carbocycles. The largest absolute Gasteiger partial charge is 0.339 e. The number of rotatable bonds is 2. The first-order valence-electron chi connectivity index (χ1n) is 6.54. The van der Waals surface area contributed by atoms with Crippen molar-refractivity contribution >= 4 is 16.8 Å². The van der Waals surface area contributed by atoms with Crippen LogP contribution in [0.4, 0.5) is 0 Å². The van der Waals surface area contributed by atoms with Gasteiger partial charge in [-0.1, -0.05) is 6.07 Å². The van der Waals surface area contributed by atoms with Crippen molar-refractivity contribution in [1.29, 1.82) is 0 Å². The summed E-state index contributed by atoms with van der Waals surface area (Å²) in [4.78, 5) is 14.2. The summed E-state index contributed by atoms with van der Waals surface area (Å²) in [5.41, 5.74) is 1.82. The summed E-state index contributed by atoms with van der Waals surface area (Å²) in [6.07, 6.45) is 4.10. The molecule has 2 aromatic rings. The number of carbonyl (C=O) groups is 1. The van der Waals surface area contributed by atoms with E-state index in [-0.39, 0.29) is 5.91 Å². The highest BCUT2D eigenvalue weighted by atomic mass is 16.2. The molecule has 2 heterocycles. The lowest BCUT2D eigenvalue weighted by Gasteiger charge is -2.15. The van der Waals surface area contributed by atoms with E-state index in [9.17, 15) is 4.79 Å². The molecule has 1 aliphatic heterocycles. The van der Waals surface area contributed by atoms with Crippen molar-refractivity contribution < 1.29 is 4.79 Å². The molecular formula is C14H17N3O. The second-order valence-electron chi connectivity index (χ2n) is 4.73. The zero-order valence-electron chi connectivity index (χ0n) is 10.6. The summed E-state index contributed by atoms with van der Waals surface area (Å²) in [5, 5.41) is 5.40. The van der Waals surface area contributed by atoms with Gasteiger partial charge < -0.3 is 4.90 Å². The van der Waals surface area contributed by atoms with Crippen LogP contribution in [-0.4, -0.2) is 33.7 Å². The summed E-state index contributed by atoms with van der Waals surface area (Å²) < 4.78 is 1.93. The molecule has 94 valence electrons. The molecule has 0 spiro atoms. The van der Waals surface area contributed by atoms with Crippen LogP contribution in [0.5, 0.6) is 0 Å². The molecule has 0 atom stereocenters. The Morgan fingerprint density at radius 3 is 2.83 bits per heavy atom. The quantitative estimate of drug-likeness (QED) is 0.811. The molecule has 1 saturated heterocycles. The van der Waals surface area contributed by atoms with Gasteiger partial charge in [0.15, 0.2) is 0 Å². The van der Waals surface area contributed by atoms with Gasteiger partial charge in [-0.2, -0.15) is 5.10 Å². The average Bonchev–Trinajstić information content (AvgIpc) is 3.06. The Hall–Kier alpha value is -1.84. The van der Waals surface area contributed by atoms with Gasteiger partial charge in [0.25, 0.3) is 5.91 Å². The first-order chi connectivity index (χ1) is 8.79. The van der Waals surface area contributed by atoms with Crippen molar-refractivity contribution in [1.82, 2.24) is 14.7 Å². The molecule has 1 aliphatic rings. The molecule has 0 N–H and O–H groups in total. The van der Waals surface area contributed by atoms with Gasteiger partial charge >= 0.3 is 0 Å². The van der Waals surface area contributed by atoms with Gasteiger partial charge in [0, 0.05) is 30.6 Å². The minimum Gasteiger partial charge on any atom is -0.339 e. The average molecular weight is 243 g/mol. The third-order valence-electron chi connectivity index (χ3n) is 3.58. The van der Waals surface area contributed by atoms with Crippen LogP contribution in [0, 0.1) is 0 Å². The van der Waals surface area contributed by atoms with E-state index in [2.05, 4.69) is 12.0 Å². The van der Waals surface area contributed by atoms with Gasteiger partial charge in [-0.05, 0) is 31.9 Å². The molecule has 0 bridgehead atoms. The lowest BCUT2D eigenvalue weighted by Crippen LogP contribution is -2.27. The number of hydrogen-bond donors (Lipinski definition) is 0. The van der Waals surface area contributed by atoms with E-state index in [4.69, 9.17) is 0 Å². The Kier molecular flexibility index (Phi) is 2.78. The van der Waals surface area contributed by atoms with E-state index < -0.39 is 0 Å². The highest BCUT2D eigenvalue weighted by Gasteiger charge is 2.19. The van der Waals surface area contributed by atoms with Crippen LogP contribution in [0.15, 0.2) is 24.4 Å². The standard InChI is InChI=1S/C14H17N3O/c1-2-17-13-9-11(5-6-12(13)10-15-17)14(18)16-7-3-4-8-16/h5-6,9-10H,2-4,7-8H2,1H3. The van der Waals surface area contributed by atoms with Crippen molar-refractivity contribution in [3.63, 3.8) is 0 Å². The van der Waals surface area contributed by atoms with Crippen molar-refractivity contribution in [2.45, 2.75) is 26.3 Å². The highest BCUT2D eigenvalue weighted by molar-refractivity contribution is 5.98. The first kappa shape index (κ1) is 11.3. The third kappa shape index (κ3) is 1.78. The van der Waals surface area contributed by atoms with Crippen LogP contribution >= 0.6 is 0 Å². The molecule has 4 nitrogen and oxygen atoms in total.